The third-order valence-corrected chi connectivity index (χ3v) is 4.06. The molecule has 1 N–H and O–H groups in total. The summed E-state index contributed by atoms with van der Waals surface area (Å²) in [6.07, 6.45) is 12.7. The molecule has 1 heterocycles. The van der Waals surface area contributed by atoms with Crippen molar-refractivity contribution in [1.29, 1.82) is 0 Å². The van der Waals surface area contributed by atoms with Crippen LogP contribution in [0.15, 0.2) is 18.3 Å². The molecule has 104 valence electrons. The fourth-order valence-electron chi connectivity index (χ4n) is 2.67. The van der Waals surface area contributed by atoms with Gasteiger partial charge in [0.1, 0.15) is 6.10 Å². The summed E-state index contributed by atoms with van der Waals surface area (Å²) in [6.45, 7) is 0.932. The van der Waals surface area contributed by atoms with Gasteiger partial charge in [-0.3, -0.25) is 0 Å². The van der Waals surface area contributed by atoms with Crippen molar-refractivity contribution in [2.24, 2.45) is 0 Å². The number of aromatic nitrogens is 1. The summed E-state index contributed by atoms with van der Waals surface area (Å²) >= 11 is 0. The molecular formula is C16H24N2O. The van der Waals surface area contributed by atoms with Gasteiger partial charge in [-0.15, -0.1) is 0 Å². The van der Waals surface area contributed by atoms with Crippen LogP contribution in [0.3, 0.4) is 0 Å². The number of hydrogen-bond donors (Lipinski definition) is 1. The van der Waals surface area contributed by atoms with Crippen LogP contribution in [0, 0.1) is 0 Å². The SMILES string of the molecule is c1cc(OC2CCCCCC2)ncc1CNC1CC1. The summed E-state index contributed by atoms with van der Waals surface area (Å²) < 4.78 is 6.00. The second kappa shape index (κ2) is 6.38. The molecule has 0 atom stereocenters. The molecule has 0 saturated heterocycles. The summed E-state index contributed by atoms with van der Waals surface area (Å²) in [6, 6.07) is 4.91. The molecular weight excluding hydrogens is 236 g/mol. The van der Waals surface area contributed by atoms with Crippen LogP contribution in [0.25, 0.3) is 0 Å². The first-order valence-corrected chi connectivity index (χ1v) is 7.75. The van der Waals surface area contributed by atoms with Crippen molar-refractivity contribution in [3.05, 3.63) is 23.9 Å². The molecule has 2 fully saturated rings. The quantitative estimate of drug-likeness (QED) is 0.824. The number of nitrogens with zero attached hydrogens (tertiary/aromatic N) is 1. The number of pyridine rings is 1. The van der Waals surface area contributed by atoms with E-state index in [4.69, 9.17) is 4.74 Å². The van der Waals surface area contributed by atoms with E-state index in [2.05, 4.69) is 16.4 Å². The van der Waals surface area contributed by atoms with Crippen LogP contribution in [-0.4, -0.2) is 17.1 Å². The third kappa shape index (κ3) is 4.20. The standard InChI is InChI=1S/C16H24N2O/c1-2-4-6-15(5-3-1)19-16-10-7-13(12-18-16)11-17-14-8-9-14/h7,10,12,14-15,17H,1-6,8-9,11H2. The van der Waals surface area contributed by atoms with Crippen molar-refractivity contribution >= 4 is 0 Å². The first kappa shape index (κ1) is 12.9. The minimum Gasteiger partial charge on any atom is -0.474 e. The predicted molar refractivity (Wildman–Crippen MR) is 76.2 cm³/mol. The average Bonchev–Trinajstić information content (AvgIpc) is 3.26. The lowest BCUT2D eigenvalue weighted by atomic mass is 10.1. The maximum absolute atomic E-state index is 6.00. The molecule has 2 saturated carbocycles. The fourth-order valence-corrected chi connectivity index (χ4v) is 2.67. The third-order valence-electron chi connectivity index (χ3n) is 4.06. The number of ether oxygens (including phenoxy) is 1. The Labute approximate surface area is 115 Å². The van der Waals surface area contributed by atoms with E-state index >= 15 is 0 Å². The van der Waals surface area contributed by atoms with Gasteiger partial charge in [0.25, 0.3) is 0 Å². The van der Waals surface area contributed by atoms with Crippen LogP contribution in [-0.2, 0) is 6.54 Å². The highest BCUT2D eigenvalue weighted by atomic mass is 16.5. The summed E-state index contributed by atoms with van der Waals surface area (Å²) in [5, 5.41) is 3.50. The average molecular weight is 260 g/mol. The van der Waals surface area contributed by atoms with Crippen LogP contribution in [0.1, 0.15) is 56.9 Å². The van der Waals surface area contributed by atoms with Crippen molar-refractivity contribution in [3.8, 4) is 5.88 Å². The fraction of sp³-hybridized carbons (Fsp3) is 0.688. The molecule has 0 unspecified atom stereocenters. The molecule has 0 spiro atoms. The molecule has 3 heteroatoms. The predicted octanol–water partition coefficient (Wildman–Crippen LogP) is 3.44. The Kier molecular flexibility index (Phi) is 4.34. The van der Waals surface area contributed by atoms with Gasteiger partial charge >= 0.3 is 0 Å². The molecule has 3 rings (SSSR count). The minimum atomic E-state index is 0.380. The molecule has 0 bridgehead atoms. The topological polar surface area (TPSA) is 34.1 Å². The summed E-state index contributed by atoms with van der Waals surface area (Å²) in [5.74, 6) is 0.794. The van der Waals surface area contributed by atoms with E-state index in [1.54, 1.807) is 0 Å². The lowest BCUT2D eigenvalue weighted by Crippen LogP contribution is -2.17. The Morgan fingerprint density at radius 3 is 2.47 bits per heavy atom. The number of hydrogen-bond acceptors (Lipinski definition) is 3. The molecule has 0 amide bonds. The first-order valence-electron chi connectivity index (χ1n) is 7.75. The van der Waals surface area contributed by atoms with Crippen molar-refractivity contribution in [2.75, 3.05) is 0 Å². The highest BCUT2D eigenvalue weighted by Crippen LogP contribution is 2.22. The molecule has 2 aliphatic rings. The lowest BCUT2D eigenvalue weighted by Gasteiger charge is -2.16. The Balaban J connectivity index is 1.49. The van der Waals surface area contributed by atoms with Crippen molar-refractivity contribution < 1.29 is 4.74 Å². The zero-order valence-corrected chi connectivity index (χ0v) is 11.6. The van der Waals surface area contributed by atoms with E-state index in [0.717, 1.165) is 18.5 Å². The van der Waals surface area contributed by atoms with Crippen LogP contribution in [0.5, 0.6) is 5.88 Å². The van der Waals surface area contributed by atoms with Crippen molar-refractivity contribution in [2.45, 2.75) is 70.1 Å². The number of nitrogens with one attached hydrogen (secondary N) is 1. The minimum absolute atomic E-state index is 0.380. The number of rotatable bonds is 5. The molecule has 3 nitrogen and oxygen atoms in total. The Morgan fingerprint density at radius 2 is 1.84 bits per heavy atom. The van der Waals surface area contributed by atoms with Gasteiger partial charge in [0.05, 0.1) is 0 Å². The van der Waals surface area contributed by atoms with Gasteiger partial charge in [0.2, 0.25) is 5.88 Å². The molecule has 1 aromatic heterocycles. The monoisotopic (exact) mass is 260 g/mol. The second-order valence-corrected chi connectivity index (χ2v) is 5.89. The zero-order chi connectivity index (χ0) is 12.9. The van der Waals surface area contributed by atoms with Crippen LogP contribution in [0.4, 0.5) is 0 Å². The van der Waals surface area contributed by atoms with Gasteiger partial charge in [-0.1, -0.05) is 18.9 Å². The van der Waals surface area contributed by atoms with E-state index in [1.807, 2.05) is 12.3 Å². The largest absolute Gasteiger partial charge is 0.474 e. The van der Waals surface area contributed by atoms with E-state index in [1.165, 1.54) is 56.9 Å². The highest BCUT2D eigenvalue weighted by Gasteiger charge is 2.20. The molecule has 0 aliphatic heterocycles. The smallest absolute Gasteiger partial charge is 0.213 e. The van der Waals surface area contributed by atoms with E-state index < -0.39 is 0 Å². The molecule has 1 aromatic rings. The second-order valence-electron chi connectivity index (χ2n) is 5.89. The maximum Gasteiger partial charge on any atom is 0.213 e. The van der Waals surface area contributed by atoms with Crippen molar-refractivity contribution in [3.63, 3.8) is 0 Å². The molecule has 19 heavy (non-hydrogen) atoms. The Hall–Kier alpha value is -1.09. The van der Waals surface area contributed by atoms with E-state index in [0.29, 0.717) is 6.10 Å². The van der Waals surface area contributed by atoms with Gasteiger partial charge in [-0.05, 0) is 44.1 Å². The molecule has 0 radical (unpaired) electrons. The molecule has 0 aromatic carbocycles. The first-order chi connectivity index (χ1) is 9.40. The van der Waals surface area contributed by atoms with Gasteiger partial charge < -0.3 is 10.1 Å². The maximum atomic E-state index is 6.00. The Morgan fingerprint density at radius 1 is 1.05 bits per heavy atom. The van der Waals surface area contributed by atoms with Gasteiger partial charge in [0.15, 0.2) is 0 Å². The zero-order valence-electron chi connectivity index (χ0n) is 11.6. The Bertz CT molecular complexity index is 378. The van der Waals surface area contributed by atoms with Gasteiger partial charge in [-0.2, -0.15) is 0 Å². The van der Waals surface area contributed by atoms with E-state index in [9.17, 15) is 0 Å². The summed E-state index contributed by atoms with van der Waals surface area (Å²) in [5.41, 5.74) is 1.25. The van der Waals surface area contributed by atoms with Gasteiger partial charge in [0, 0.05) is 24.8 Å². The van der Waals surface area contributed by atoms with Crippen LogP contribution < -0.4 is 10.1 Å². The van der Waals surface area contributed by atoms with Crippen LogP contribution in [0.2, 0.25) is 0 Å². The molecule has 2 aliphatic carbocycles. The van der Waals surface area contributed by atoms with Crippen molar-refractivity contribution in [1.82, 2.24) is 10.3 Å². The summed E-state index contributed by atoms with van der Waals surface area (Å²) in [4.78, 5) is 4.44. The van der Waals surface area contributed by atoms with E-state index in [-0.39, 0.29) is 0 Å². The van der Waals surface area contributed by atoms with Crippen LogP contribution >= 0.6 is 0 Å². The normalized spacial score (nSPS) is 21.1. The highest BCUT2D eigenvalue weighted by molar-refractivity contribution is 5.18. The van der Waals surface area contributed by atoms with Gasteiger partial charge in [-0.25, -0.2) is 4.98 Å². The summed E-state index contributed by atoms with van der Waals surface area (Å²) in [7, 11) is 0. The lowest BCUT2D eigenvalue weighted by molar-refractivity contribution is 0.176.